The monoisotopic (exact) mass is 389 g/mol. The van der Waals surface area contributed by atoms with Crippen LogP contribution in [0.2, 0.25) is 0 Å². The van der Waals surface area contributed by atoms with Gasteiger partial charge in [-0.05, 0) is 31.6 Å². The summed E-state index contributed by atoms with van der Waals surface area (Å²) in [6.45, 7) is 8.12. The zero-order valence-electron chi connectivity index (χ0n) is 14.8. The number of hydrogen-bond donors (Lipinski definition) is 1. The summed E-state index contributed by atoms with van der Waals surface area (Å²) in [7, 11) is 0. The van der Waals surface area contributed by atoms with Crippen LogP contribution in [0.3, 0.4) is 0 Å². The molecule has 2 N–H and O–H groups in total. The summed E-state index contributed by atoms with van der Waals surface area (Å²) in [4.78, 5) is 14.9. The van der Waals surface area contributed by atoms with E-state index < -0.39 is 0 Å². The van der Waals surface area contributed by atoms with E-state index in [2.05, 4.69) is 28.7 Å². The van der Waals surface area contributed by atoms with Crippen molar-refractivity contribution in [3.05, 3.63) is 22.1 Å². The van der Waals surface area contributed by atoms with Crippen molar-refractivity contribution in [2.24, 2.45) is 0 Å². The fraction of sp³-hybridized carbons (Fsp3) is 0.500. The van der Waals surface area contributed by atoms with Crippen LogP contribution in [-0.2, 0) is 22.5 Å². The van der Waals surface area contributed by atoms with Gasteiger partial charge in [0.2, 0.25) is 11.0 Å². The first-order valence-electron chi connectivity index (χ1n) is 8.87. The molecule has 5 rings (SSSR count). The van der Waals surface area contributed by atoms with Gasteiger partial charge in [0.15, 0.2) is 5.52 Å². The van der Waals surface area contributed by atoms with Crippen molar-refractivity contribution in [2.75, 3.05) is 31.2 Å². The van der Waals surface area contributed by atoms with Crippen LogP contribution in [0.15, 0.2) is 6.33 Å². The summed E-state index contributed by atoms with van der Waals surface area (Å²) < 4.78 is 13.5. The molecule has 0 amide bonds. The van der Waals surface area contributed by atoms with Crippen LogP contribution >= 0.6 is 23.6 Å². The molecule has 0 unspecified atom stereocenters. The molecule has 1 fully saturated rings. The van der Waals surface area contributed by atoms with Crippen LogP contribution in [0, 0.1) is 4.64 Å². The van der Waals surface area contributed by atoms with E-state index in [0.29, 0.717) is 6.61 Å². The lowest BCUT2D eigenvalue weighted by Gasteiger charge is -2.36. The van der Waals surface area contributed by atoms with Gasteiger partial charge < -0.3 is 14.4 Å². The van der Waals surface area contributed by atoms with Gasteiger partial charge in [0.25, 0.3) is 0 Å². The van der Waals surface area contributed by atoms with Gasteiger partial charge in [-0.3, -0.25) is 0 Å². The van der Waals surface area contributed by atoms with E-state index in [0.717, 1.165) is 58.2 Å². The lowest BCUT2D eigenvalue weighted by molar-refractivity contribution is -0.388. The molecule has 26 heavy (non-hydrogen) atoms. The van der Waals surface area contributed by atoms with Crippen LogP contribution in [0.25, 0.3) is 20.4 Å². The van der Waals surface area contributed by atoms with Crippen molar-refractivity contribution >= 4 is 49.8 Å². The Morgan fingerprint density at radius 1 is 1.31 bits per heavy atom. The molecule has 0 atom stereocenters. The second-order valence-electron chi connectivity index (χ2n) is 7.47. The minimum absolute atomic E-state index is 0.185. The van der Waals surface area contributed by atoms with E-state index in [9.17, 15) is 0 Å². The molecule has 136 valence electrons. The molecule has 3 aromatic heterocycles. The second-order valence-corrected chi connectivity index (χ2v) is 8.87. The van der Waals surface area contributed by atoms with Crippen LogP contribution < -0.4 is 9.88 Å². The molecular weight excluding hydrogens is 368 g/mol. The van der Waals surface area contributed by atoms with E-state index in [-0.39, 0.29) is 5.60 Å². The van der Waals surface area contributed by atoms with Gasteiger partial charge in [-0.1, -0.05) is 0 Å². The fourth-order valence-electron chi connectivity index (χ4n) is 3.89. The number of fused-ring (bicyclic) bond motifs is 5. The quantitative estimate of drug-likeness (QED) is 0.648. The lowest BCUT2D eigenvalue weighted by atomic mass is 9.90. The number of thiophene rings is 1. The Morgan fingerprint density at radius 2 is 2.12 bits per heavy atom. The Balaban J connectivity index is 1.83. The normalized spacial score (nSPS) is 19.8. The Labute approximate surface area is 160 Å². The zero-order valence-corrected chi connectivity index (χ0v) is 16.5. The number of pyridine rings is 1. The molecule has 5 heterocycles. The molecule has 0 radical (unpaired) electrons. The molecule has 0 spiro atoms. The molecule has 0 bridgehead atoms. The molecular formula is C18H21N4O2S2+. The standard InChI is InChI=1S/C18H20N4O2S2/c1-18(2)7-10-11(8-24-18)15(22-3-5-23-6-4-22)21-17-12(10)13-14(26-17)16(25)20-9-19-13/h9H,3-8H2,1-2H3,(H,19,20,25)/p+1. The smallest absolute Gasteiger partial charge is 0.240 e. The third kappa shape index (κ3) is 2.55. The predicted octanol–water partition coefficient (Wildman–Crippen LogP) is 3.01. The number of morpholine rings is 1. The van der Waals surface area contributed by atoms with Crippen molar-refractivity contribution in [3.8, 4) is 0 Å². The van der Waals surface area contributed by atoms with Crippen molar-refractivity contribution in [3.63, 3.8) is 0 Å². The highest BCUT2D eigenvalue weighted by Crippen LogP contribution is 2.42. The third-order valence-electron chi connectivity index (χ3n) is 5.18. The number of aromatic nitrogens is 3. The van der Waals surface area contributed by atoms with Crippen LogP contribution in [0.5, 0.6) is 0 Å². The molecule has 3 aromatic rings. The first kappa shape index (κ1) is 16.6. The number of rotatable bonds is 1. The Morgan fingerprint density at radius 3 is 2.92 bits per heavy atom. The number of ether oxygens (including phenoxy) is 2. The van der Waals surface area contributed by atoms with E-state index in [4.69, 9.17) is 26.7 Å². The SMILES string of the molecule is CC1(C)Cc2c(c(N3CCOCC3)nc3sc4c(=S)[nH+]c[nH]c4c23)CO1. The number of nitrogens with zero attached hydrogens (tertiary/aromatic N) is 2. The van der Waals surface area contributed by atoms with Crippen molar-refractivity contribution in [2.45, 2.75) is 32.5 Å². The van der Waals surface area contributed by atoms with E-state index in [1.165, 1.54) is 16.5 Å². The van der Waals surface area contributed by atoms with Crippen LogP contribution in [0.1, 0.15) is 25.0 Å². The summed E-state index contributed by atoms with van der Waals surface area (Å²) in [5.41, 5.74) is 3.46. The first-order valence-corrected chi connectivity index (χ1v) is 10.1. The molecule has 2 aliphatic rings. The Hall–Kier alpha value is -1.61. The molecule has 0 aliphatic carbocycles. The van der Waals surface area contributed by atoms with E-state index >= 15 is 0 Å². The number of aromatic amines is 2. The van der Waals surface area contributed by atoms with Crippen molar-refractivity contribution in [1.82, 2.24) is 9.97 Å². The number of hydrogen-bond acceptors (Lipinski definition) is 6. The van der Waals surface area contributed by atoms with Gasteiger partial charge in [-0.25, -0.2) is 15.0 Å². The Bertz CT molecular complexity index is 1070. The van der Waals surface area contributed by atoms with Gasteiger partial charge in [0.1, 0.15) is 15.3 Å². The summed E-state index contributed by atoms with van der Waals surface area (Å²) in [5, 5.41) is 1.20. The number of H-pyrrole nitrogens is 2. The largest absolute Gasteiger partial charge is 0.378 e. The van der Waals surface area contributed by atoms with E-state index in [1.807, 2.05) is 6.33 Å². The maximum atomic E-state index is 6.15. The van der Waals surface area contributed by atoms with Gasteiger partial charge in [0.05, 0.1) is 30.8 Å². The number of nitrogens with one attached hydrogen (secondary N) is 2. The highest BCUT2D eigenvalue weighted by molar-refractivity contribution is 7.71. The maximum absolute atomic E-state index is 6.15. The van der Waals surface area contributed by atoms with Gasteiger partial charge >= 0.3 is 0 Å². The molecule has 2 aliphatic heterocycles. The lowest BCUT2D eigenvalue weighted by Crippen LogP contribution is -2.39. The molecule has 1 saturated heterocycles. The minimum Gasteiger partial charge on any atom is -0.378 e. The molecule has 6 nitrogen and oxygen atoms in total. The Kier molecular flexibility index (Phi) is 3.79. The summed E-state index contributed by atoms with van der Waals surface area (Å²) >= 11 is 7.17. The molecule has 0 saturated carbocycles. The van der Waals surface area contributed by atoms with Gasteiger partial charge in [-0.2, -0.15) is 0 Å². The van der Waals surface area contributed by atoms with Gasteiger partial charge in [0, 0.05) is 25.1 Å². The highest BCUT2D eigenvalue weighted by atomic mass is 32.1. The maximum Gasteiger partial charge on any atom is 0.240 e. The molecule has 0 aromatic carbocycles. The minimum atomic E-state index is -0.185. The summed E-state index contributed by atoms with van der Waals surface area (Å²) in [6, 6.07) is 0. The van der Waals surface area contributed by atoms with Crippen molar-refractivity contribution < 1.29 is 14.5 Å². The van der Waals surface area contributed by atoms with Crippen molar-refractivity contribution in [1.29, 1.82) is 0 Å². The van der Waals surface area contributed by atoms with E-state index in [1.54, 1.807) is 11.3 Å². The third-order valence-corrected chi connectivity index (χ3v) is 6.73. The highest BCUT2D eigenvalue weighted by Gasteiger charge is 2.33. The average Bonchev–Trinajstić information content (AvgIpc) is 3.01. The summed E-state index contributed by atoms with van der Waals surface area (Å²) in [6.07, 6.45) is 2.67. The van der Waals surface area contributed by atoms with Crippen LogP contribution in [0.4, 0.5) is 5.82 Å². The van der Waals surface area contributed by atoms with Crippen LogP contribution in [-0.4, -0.2) is 41.9 Å². The summed E-state index contributed by atoms with van der Waals surface area (Å²) in [5.74, 6) is 1.05. The van der Waals surface area contributed by atoms with Gasteiger partial charge in [-0.15, -0.1) is 11.3 Å². The zero-order chi connectivity index (χ0) is 17.9. The molecule has 8 heteroatoms. The second kappa shape index (κ2) is 5.95. The average molecular weight is 390 g/mol. The topological polar surface area (TPSA) is 64.5 Å². The fourth-order valence-corrected chi connectivity index (χ4v) is 5.25. The first-order chi connectivity index (χ1) is 12.5. The predicted molar refractivity (Wildman–Crippen MR) is 104 cm³/mol. The number of anilines is 1.